The molecule has 0 heterocycles. The fraction of sp³-hybridized carbons (Fsp3) is 0.458. The zero-order chi connectivity index (χ0) is 22.3. The van der Waals surface area contributed by atoms with E-state index in [2.05, 4.69) is 21.7 Å². The molecule has 0 aromatic heterocycles. The monoisotopic (exact) mass is 429 g/mol. The van der Waals surface area contributed by atoms with Gasteiger partial charge in [0.15, 0.2) is 17.5 Å². The molecule has 2 N–H and O–H groups in total. The minimum atomic E-state index is 0.547. The summed E-state index contributed by atoms with van der Waals surface area (Å²) in [7, 11) is 3.43. The molecule has 2 aromatic carbocycles. The molecule has 2 aromatic rings. The van der Waals surface area contributed by atoms with Gasteiger partial charge in [0, 0.05) is 27.2 Å². The van der Waals surface area contributed by atoms with E-state index in [0.717, 1.165) is 41.7 Å². The van der Waals surface area contributed by atoms with E-state index < -0.39 is 0 Å². The van der Waals surface area contributed by atoms with Crippen LogP contribution in [0.15, 0.2) is 47.5 Å². The molecular formula is C24H35N3O4. The molecule has 0 bridgehead atoms. The first-order valence-electron chi connectivity index (χ1n) is 10.7. The van der Waals surface area contributed by atoms with Crippen molar-refractivity contribution in [3.05, 3.63) is 53.6 Å². The Bertz CT molecular complexity index is 794. The third-order valence-electron chi connectivity index (χ3n) is 4.48. The lowest BCUT2D eigenvalue weighted by molar-refractivity contribution is 0.146. The lowest BCUT2D eigenvalue weighted by Crippen LogP contribution is -2.37. The van der Waals surface area contributed by atoms with Crippen LogP contribution in [0.5, 0.6) is 17.2 Å². The molecular weight excluding hydrogens is 394 g/mol. The summed E-state index contributed by atoms with van der Waals surface area (Å²) in [5, 5.41) is 6.69. The second-order valence-electron chi connectivity index (χ2n) is 6.73. The first-order valence-corrected chi connectivity index (χ1v) is 10.7. The fourth-order valence-corrected chi connectivity index (χ4v) is 2.93. The summed E-state index contributed by atoms with van der Waals surface area (Å²) in [6.07, 6.45) is 0.848. The average molecular weight is 430 g/mol. The summed E-state index contributed by atoms with van der Waals surface area (Å²) in [5.74, 6) is 3.18. The highest BCUT2D eigenvalue weighted by Crippen LogP contribution is 2.28. The summed E-state index contributed by atoms with van der Waals surface area (Å²) in [4.78, 5) is 4.30. The molecule has 170 valence electrons. The van der Waals surface area contributed by atoms with Crippen LogP contribution in [0.4, 0.5) is 0 Å². The van der Waals surface area contributed by atoms with E-state index in [1.54, 1.807) is 14.2 Å². The number of ether oxygens (including phenoxy) is 4. The molecule has 0 aliphatic heterocycles. The normalized spacial score (nSPS) is 11.2. The van der Waals surface area contributed by atoms with Gasteiger partial charge in [-0.25, -0.2) is 0 Å². The van der Waals surface area contributed by atoms with Gasteiger partial charge in [-0.3, -0.25) is 4.99 Å². The third kappa shape index (κ3) is 8.76. The van der Waals surface area contributed by atoms with Gasteiger partial charge >= 0.3 is 0 Å². The Morgan fingerprint density at radius 2 is 1.55 bits per heavy atom. The molecule has 0 unspecified atom stereocenters. The van der Waals surface area contributed by atoms with Crippen molar-refractivity contribution in [2.45, 2.75) is 26.8 Å². The Labute approximate surface area is 185 Å². The number of methoxy groups -OCH3 is 1. The second kappa shape index (κ2) is 14.1. The van der Waals surface area contributed by atoms with Gasteiger partial charge < -0.3 is 29.6 Å². The number of nitrogens with one attached hydrogen (secondary N) is 2. The van der Waals surface area contributed by atoms with Crippen LogP contribution in [-0.4, -0.2) is 53.1 Å². The lowest BCUT2D eigenvalue weighted by Gasteiger charge is -2.14. The molecule has 0 radical (unpaired) electrons. The van der Waals surface area contributed by atoms with E-state index in [1.165, 1.54) is 5.56 Å². The summed E-state index contributed by atoms with van der Waals surface area (Å²) in [5.41, 5.74) is 2.33. The number of aliphatic imine (C=N–C) groups is 1. The SMILES string of the molecule is CCOc1ccc(CCNC(=NC)NCc2ccc(OCCOC)cc2)cc1OCC. The van der Waals surface area contributed by atoms with Crippen LogP contribution in [0.2, 0.25) is 0 Å². The van der Waals surface area contributed by atoms with Crippen LogP contribution in [0.25, 0.3) is 0 Å². The third-order valence-corrected chi connectivity index (χ3v) is 4.48. The Morgan fingerprint density at radius 1 is 0.839 bits per heavy atom. The Kier molecular flexibility index (Phi) is 11.1. The standard InChI is InChI=1S/C24H35N3O4/c1-5-29-22-12-9-19(17-23(22)30-6-2)13-14-26-24(25-3)27-18-20-7-10-21(11-8-20)31-16-15-28-4/h7-12,17H,5-6,13-16,18H2,1-4H3,(H2,25,26,27). The van der Waals surface area contributed by atoms with E-state index in [1.807, 2.05) is 50.2 Å². The fourth-order valence-electron chi connectivity index (χ4n) is 2.93. The second-order valence-corrected chi connectivity index (χ2v) is 6.73. The van der Waals surface area contributed by atoms with Gasteiger partial charge in [-0.2, -0.15) is 0 Å². The van der Waals surface area contributed by atoms with Crippen molar-refractivity contribution in [2.24, 2.45) is 4.99 Å². The van der Waals surface area contributed by atoms with Crippen molar-refractivity contribution in [3.8, 4) is 17.2 Å². The highest BCUT2D eigenvalue weighted by atomic mass is 16.5. The van der Waals surface area contributed by atoms with E-state index in [4.69, 9.17) is 18.9 Å². The molecule has 0 amide bonds. The maximum atomic E-state index is 5.71. The summed E-state index contributed by atoms with van der Waals surface area (Å²) >= 11 is 0. The van der Waals surface area contributed by atoms with E-state index in [9.17, 15) is 0 Å². The van der Waals surface area contributed by atoms with Gasteiger partial charge in [-0.1, -0.05) is 18.2 Å². The molecule has 0 atom stereocenters. The maximum absolute atomic E-state index is 5.71. The van der Waals surface area contributed by atoms with Crippen molar-refractivity contribution in [3.63, 3.8) is 0 Å². The zero-order valence-corrected chi connectivity index (χ0v) is 19.1. The van der Waals surface area contributed by atoms with Crippen LogP contribution in [0.1, 0.15) is 25.0 Å². The minimum Gasteiger partial charge on any atom is -0.491 e. The van der Waals surface area contributed by atoms with Gasteiger partial charge in [-0.05, 0) is 55.7 Å². The molecule has 0 saturated carbocycles. The van der Waals surface area contributed by atoms with Crippen molar-refractivity contribution in [1.29, 1.82) is 0 Å². The average Bonchev–Trinajstić information content (AvgIpc) is 2.79. The smallest absolute Gasteiger partial charge is 0.191 e. The van der Waals surface area contributed by atoms with Crippen LogP contribution in [0.3, 0.4) is 0 Å². The highest BCUT2D eigenvalue weighted by molar-refractivity contribution is 5.79. The molecule has 0 aliphatic rings. The van der Waals surface area contributed by atoms with E-state index >= 15 is 0 Å². The highest BCUT2D eigenvalue weighted by Gasteiger charge is 2.06. The van der Waals surface area contributed by atoms with E-state index in [-0.39, 0.29) is 0 Å². The van der Waals surface area contributed by atoms with Gasteiger partial charge in [0.25, 0.3) is 0 Å². The molecule has 0 aliphatic carbocycles. The quantitative estimate of drug-likeness (QED) is 0.289. The van der Waals surface area contributed by atoms with Crippen LogP contribution >= 0.6 is 0 Å². The van der Waals surface area contributed by atoms with Crippen LogP contribution in [0, 0.1) is 0 Å². The van der Waals surface area contributed by atoms with Gasteiger partial charge in [0.1, 0.15) is 12.4 Å². The topological polar surface area (TPSA) is 73.3 Å². The van der Waals surface area contributed by atoms with Crippen LogP contribution < -0.4 is 24.8 Å². The van der Waals surface area contributed by atoms with Crippen LogP contribution in [-0.2, 0) is 17.7 Å². The number of guanidine groups is 1. The van der Waals surface area contributed by atoms with Crippen molar-refractivity contribution < 1.29 is 18.9 Å². The number of benzene rings is 2. The van der Waals surface area contributed by atoms with E-state index in [0.29, 0.717) is 33.0 Å². The van der Waals surface area contributed by atoms with Gasteiger partial charge in [-0.15, -0.1) is 0 Å². The van der Waals surface area contributed by atoms with Crippen molar-refractivity contribution >= 4 is 5.96 Å². The predicted octanol–water partition coefficient (Wildman–Crippen LogP) is 3.42. The molecule has 7 nitrogen and oxygen atoms in total. The van der Waals surface area contributed by atoms with Crippen molar-refractivity contribution in [2.75, 3.05) is 47.1 Å². The maximum Gasteiger partial charge on any atom is 0.191 e. The lowest BCUT2D eigenvalue weighted by atomic mass is 10.1. The number of nitrogens with zero attached hydrogens (tertiary/aromatic N) is 1. The summed E-state index contributed by atoms with van der Waals surface area (Å²) in [6, 6.07) is 14.1. The van der Waals surface area contributed by atoms with Gasteiger partial charge in [0.05, 0.1) is 19.8 Å². The first kappa shape index (κ1) is 24.3. The molecule has 0 saturated heterocycles. The molecule has 7 heteroatoms. The largest absolute Gasteiger partial charge is 0.491 e. The molecule has 31 heavy (non-hydrogen) atoms. The number of rotatable bonds is 13. The first-order chi connectivity index (χ1) is 15.2. The molecule has 0 fully saturated rings. The molecule has 2 rings (SSSR count). The summed E-state index contributed by atoms with van der Waals surface area (Å²) < 4.78 is 21.9. The predicted molar refractivity (Wildman–Crippen MR) is 124 cm³/mol. The number of hydrogen-bond acceptors (Lipinski definition) is 5. The van der Waals surface area contributed by atoms with Gasteiger partial charge in [0.2, 0.25) is 0 Å². The Balaban J connectivity index is 1.79. The minimum absolute atomic E-state index is 0.547. The Hall–Kier alpha value is -2.93. The molecule has 0 spiro atoms. The number of hydrogen-bond donors (Lipinski definition) is 2. The summed E-state index contributed by atoms with van der Waals surface area (Å²) in [6.45, 7) is 7.73. The Morgan fingerprint density at radius 3 is 2.23 bits per heavy atom. The van der Waals surface area contributed by atoms with Crippen molar-refractivity contribution in [1.82, 2.24) is 10.6 Å². The zero-order valence-electron chi connectivity index (χ0n) is 19.1.